The van der Waals surface area contributed by atoms with Crippen LogP contribution in [-0.4, -0.2) is 11.1 Å². The maximum Gasteiger partial charge on any atom is 0.122 e. The average Bonchev–Trinajstić information content (AvgIpc) is 2.04. The van der Waals surface area contributed by atoms with Gasteiger partial charge in [0.15, 0.2) is 0 Å². The van der Waals surface area contributed by atoms with Crippen LogP contribution in [0.1, 0.15) is 12.5 Å². The number of anilines is 1. The molecule has 1 aromatic carbocycles. The lowest BCUT2D eigenvalue weighted by atomic mass is 10.0. The van der Waals surface area contributed by atoms with Crippen molar-refractivity contribution in [3.63, 3.8) is 0 Å². The molecule has 0 amide bonds. The zero-order valence-corrected chi connectivity index (χ0v) is 6.91. The number of benzene rings is 1. The van der Waals surface area contributed by atoms with Gasteiger partial charge < -0.3 is 10.4 Å². The molecule has 0 fully saturated rings. The summed E-state index contributed by atoms with van der Waals surface area (Å²) < 4.78 is 0. The Kier molecular flexibility index (Phi) is 1.54. The predicted molar refractivity (Wildman–Crippen MR) is 50.1 cm³/mol. The summed E-state index contributed by atoms with van der Waals surface area (Å²) in [5, 5.41) is 12.8. The van der Waals surface area contributed by atoms with Crippen molar-refractivity contribution in [3.05, 3.63) is 35.9 Å². The largest absolute Gasteiger partial charge is 0.508 e. The van der Waals surface area contributed by atoms with Crippen LogP contribution in [-0.2, 0) is 0 Å². The number of nitrogens with one attached hydrogen (secondary N) is 1. The molecule has 62 valence electrons. The van der Waals surface area contributed by atoms with Gasteiger partial charge in [-0.1, -0.05) is 12.1 Å². The molecular formula is C10H11NO. The van der Waals surface area contributed by atoms with Gasteiger partial charge in [0, 0.05) is 17.3 Å². The Bertz CT molecular complexity index is 330. The summed E-state index contributed by atoms with van der Waals surface area (Å²) in [5.74, 6) is 0.372. The van der Waals surface area contributed by atoms with E-state index < -0.39 is 0 Å². The van der Waals surface area contributed by atoms with Gasteiger partial charge in [0.2, 0.25) is 0 Å². The van der Waals surface area contributed by atoms with Crippen LogP contribution < -0.4 is 5.32 Å². The van der Waals surface area contributed by atoms with Crippen molar-refractivity contribution < 1.29 is 5.11 Å². The highest BCUT2D eigenvalue weighted by molar-refractivity contribution is 5.75. The summed E-state index contributed by atoms with van der Waals surface area (Å²) in [6, 6.07) is 7.95. The molecule has 1 aliphatic rings. The molecule has 0 saturated carbocycles. The first-order valence-electron chi connectivity index (χ1n) is 4.04. The molecule has 2 nitrogen and oxygen atoms in total. The van der Waals surface area contributed by atoms with Gasteiger partial charge in [-0.3, -0.25) is 0 Å². The molecule has 0 bridgehead atoms. The molecular weight excluding hydrogens is 150 g/mol. The van der Waals surface area contributed by atoms with Crippen molar-refractivity contribution in [3.8, 4) is 0 Å². The Morgan fingerprint density at radius 2 is 2.08 bits per heavy atom. The van der Waals surface area contributed by atoms with Crippen molar-refractivity contribution in [2.24, 2.45) is 0 Å². The second-order valence-electron chi connectivity index (χ2n) is 3.03. The van der Waals surface area contributed by atoms with Gasteiger partial charge in [0.05, 0.1) is 0 Å². The van der Waals surface area contributed by atoms with Gasteiger partial charge in [-0.2, -0.15) is 0 Å². The molecule has 2 heteroatoms. The Balaban J connectivity index is 2.53. The van der Waals surface area contributed by atoms with Gasteiger partial charge in [0.25, 0.3) is 0 Å². The summed E-state index contributed by atoms with van der Waals surface area (Å²) in [7, 11) is 0. The fourth-order valence-corrected chi connectivity index (χ4v) is 1.45. The lowest BCUT2D eigenvalue weighted by Gasteiger charge is -2.20. The quantitative estimate of drug-likeness (QED) is 0.612. The smallest absolute Gasteiger partial charge is 0.122 e. The van der Waals surface area contributed by atoms with Crippen LogP contribution >= 0.6 is 0 Å². The molecule has 1 aromatic rings. The van der Waals surface area contributed by atoms with E-state index in [1.54, 1.807) is 0 Å². The molecule has 0 aliphatic carbocycles. The van der Waals surface area contributed by atoms with E-state index in [0.29, 0.717) is 5.76 Å². The first-order chi connectivity index (χ1) is 5.77. The average molecular weight is 161 g/mol. The zero-order valence-electron chi connectivity index (χ0n) is 6.91. The Morgan fingerprint density at radius 1 is 1.33 bits per heavy atom. The molecule has 1 aliphatic heterocycles. The first-order valence-corrected chi connectivity index (χ1v) is 4.04. The maximum absolute atomic E-state index is 9.55. The number of rotatable bonds is 0. The minimum absolute atomic E-state index is 0.208. The predicted octanol–water partition coefficient (Wildman–Crippen LogP) is 2.40. The number of hydrogen-bond donors (Lipinski definition) is 2. The van der Waals surface area contributed by atoms with E-state index in [0.717, 1.165) is 11.3 Å². The highest BCUT2D eigenvalue weighted by Crippen LogP contribution is 2.26. The van der Waals surface area contributed by atoms with Crippen LogP contribution in [0.4, 0.5) is 5.69 Å². The van der Waals surface area contributed by atoms with Gasteiger partial charge in [-0.05, 0) is 25.1 Å². The number of hydrogen-bond acceptors (Lipinski definition) is 2. The number of aliphatic hydroxyl groups is 1. The highest BCUT2D eigenvalue weighted by Gasteiger charge is 2.13. The fraction of sp³-hybridized carbons (Fsp3) is 0.200. The maximum atomic E-state index is 9.55. The van der Waals surface area contributed by atoms with Crippen LogP contribution in [0.5, 0.6) is 0 Å². The second-order valence-corrected chi connectivity index (χ2v) is 3.03. The van der Waals surface area contributed by atoms with E-state index in [1.807, 2.05) is 37.3 Å². The normalized spacial score (nSPS) is 20.8. The highest BCUT2D eigenvalue weighted by atomic mass is 16.3. The summed E-state index contributed by atoms with van der Waals surface area (Å²) in [6.45, 7) is 2.01. The standard InChI is InChI=1S/C10H11NO/c1-7-6-10(12)8-4-2-3-5-9(8)11-7/h2-7,11-12H,1H3. The molecule has 12 heavy (non-hydrogen) atoms. The first kappa shape index (κ1) is 7.22. The number of para-hydroxylation sites is 1. The topological polar surface area (TPSA) is 32.3 Å². The number of fused-ring (bicyclic) bond motifs is 1. The third-order valence-corrected chi connectivity index (χ3v) is 1.99. The molecule has 1 unspecified atom stereocenters. The van der Waals surface area contributed by atoms with Gasteiger partial charge in [-0.25, -0.2) is 0 Å². The molecule has 0 aromatic heterocycles. The summed E-state index contributed by atoms with van der Waals surface area (Å²) >= 11 is 0. The SMILES string of the molecule is CC1C=C(O)c2ccccc2N1. The van der Waals surface area contributed by atoms with Gasteiger partial charge >= 0.3 is 0 Å². The van der Waals surface area contributed by atoms with Crippen molar-refractivity contribution in [2.45, 2.75) is 13.0 Å². The minimum atomic E-state index is 0.208. The van der Waals surface area contributed by atoms with E-state index >= 15 is 0 Å². The summed E-state index contributed by atoms with van der Waals surface area (Å²) in [4.78, 5) is 0. The van der Waals surface area contributed by atoms with Crippen LogP contribution in [0.3, 0.4) is 0 Å². The summed E-state index contributed by atoms with van der Waals surface area (Å²) in [5.41, 5.74) is 1.89. The molecule has 2 N–H and O–H groups in total. The summed E-state index contributed by atoms with van der Waals surface area (Å²) in [6.07, 6.45) is 1.81. The lowest BCUT2D eigenvalue weighted by molar-refractivity contribution is 0.507. The second kappa shape index (κ2) is 2.55. The van der Waals surface area contributed by atoms with Gasteiger partial charge in [-0.15, -0.1) is 0 Å². The Labute approximate surface area is 71.5 Å². The number of aliphatic hydroxyl groups excluding tert-OH is 1. The van der Waals surface area contributed by atoms with E-state index in [2.05, 4.69) is 5.32 Å². The Morgan fingerprint density at radius 3 is 2.92 bits per heavy atom. The molecule has 2 rings (SSSR count). The van der Waals surface area contributed by atoms with E-state index in [4.69, 9.17) is 0 Å². The van der Waals surface area contributed by atoms with Crippen molar-refractivity contribution in [1.29, 1.82) is 0 Å². The molecule has 0 radical (unpaired) electrons. The molecule has 0 spiro atoms. The fourth-order valence-electron chi connectivity index (χ4n) is 1.45. The van der Waals surface area contributed by atoms with E-state index in [9.17, 15) is 5.11 Å². The minimum Gasteiger partial charge on any atom is -0.508 e. The van der Waals surface area contributed by atoms with Crippen LogP contribution in [0, 0.1) is 0 Å². The molecule has 1 atom stereocenters. The monoisotopic (exact) mass is 161 g/mol. The zero-order chi connectivity index (χ0) is 8.55. The van der Waals surface area contributed by atoms with Gasteiger partial charge in [0.1, 0.15) is 5.76 Å². The third kappa shape index (κ3) is 1.05. The third-order valence-electron chi connectivity index (χ3n) is 1.99. The van der Waals surface area contributed by atoms with Crippen LogP contribution in [0.15, 0.2) is 30.3 Å². The van der Waals surface area contributed by atoms with Crippen molar-refractivity contribution >= 4 is 11.4 Å². The Hall–Kier alpha value is -1.44. The molecule has 1 heterocycles. The van der Waals surface area contributed by atoms with Crippen molar-refractivity contribution in [2.75, 3.05) is 5.32 Å². The van der Waals surface area contributed by atoms with Crippen LogP contribution in [0.25, 0.3) is 5.76 Å². The van der Waals surface area contributed by atoms with E-state index in [-0.39, 0.29) is 6.04 Å². The molecule has 0 saturated heterocycles. The van der Waals surface area contributed by atoms with Crippen molar-refractivity contribution in [1.82, 2.24) is 0 Å². The van der Waals surface area contributed by atoms with Crippen LogP contribution in [0.2, 0.25) is 0 Å². The van der Waals surface area contributed by atoms with E-state index in [1.165, 1.54) is 0 Å². The lowest BCUT2D eigenvalue weighted by Crippen LogP contribution is -2.17.